The van der Waals surface area contributed by atoms with Gasteiger partial charge in [-0.05, 0) is 28.5 Å². The molecule has 0 saturated heterocycles. The lowest BCUT2D eigenvalue weighted by molar-refractivity contribution is 0.281. The molecular weight excluding hydrogens is 366 g/mol. The molecule has 7 nitrogen and oxygen atoms in total. The van der Waals surface area contributed by atoms with Crippen LogP contribution in [0.15, 0.2) is 42.5 Å². The Balaban J connectivity index is 1.80. The van der Waals surface area contributed by atoms with Crippen LogP contribution in [0.2, 0.25) is 5.02 Å². The van der Waals surface area contributed by atoms with Gasteiger partial charge in [0.25, 0.3) is 0 Å². The largest absolute Gasteiger partial charge is 0.493 e. The van der Waals surface area contributed by atoms with E-state index in [2.05, 4.69) is 27.8 Å². The highest BCUT2D eigenvalue weighted by molar-refractivity contribution is 6.30. The average molecular weight is 388 g/mol. The predicted molar refractivity (Wildman–Crippen MR) is 104 cm³/mol. The number of rotatable bonds is 9. The van der Waals surface area contributed by atoms with Crippen LogP contribution >= 0.6 is 11.6 Å². The monoisotopic (exact) mass is 387 g/mol. The van der Waals surface area contributed by atoms with E-state index in [0.29, 0.717) is 35.6 Å². The normalized spacial score (nSPS) is 10.6. The van der Waals surface area contributed by atoms with Crippen LogP contribution in [0.25, 0.3) is 0 Å². The van der Waals surface area contributed by atoms with Crippen molar-refractivity contribution >= 4 is 17.5 Å². The first-order chi connectivity index (χ1) is 13.2. The van der Waals surface area contributed by atoms with Gasteiger partial charge in [-0.2, -0.15) is 0 Å². The number of hydrogen-bond donors (Lipinski definition) is 1. The minimum Gasteiger partial charge on any atom is -0.493 e. The summed E-state index contributed by atoms with van der Waals surface area (Å²) in [7, 11) is 1.60. The van der Waals surface area contributed by atoms with Crippen molar-refractivity contribution in [3.05, 3.63) is 58.6 Å². The predicted octanol–water partition coefficient (Wildman–Crippen LogP) is 3.94. The molecule has 142 valence electrons. The van der Waals surface area contributed by atoms with Crippen molar-refractivity contribution in [2.24, 2.45) is 0 Å². The van der Waals surface area contributed by atoms with Gasteiger partial charge < -0.3 is 14.8 Å². The minimum absolute atomic E-state index is 0.430. The molecule has 2 aromatic carbocycles. The molecule has 0 amide bonds. The first-order valence-electron chi connectivity index (χ1n) is 8.74. The number of tetrazole rings is 1. The molecule has 1 heterocycles. The number of methoxy groups -OCH3 is 1. The van der Waals surface area contributed by atoms with Crippen LogP contribution in [0.3, 0.4) is 0 Å². The molecule has 0 spiro atoms. The van der Waals surface area contributed by atoms with Crippen molar-refractivity contribution in [2.45, 2.75) is 33.0 Å². The van der Waals surface area contributed by atoms with E-state index in [1.165, 1.54) is 0 Å². The van der Waals surface area contributed by atoms with Crippen molar-refractivity contribution in [3.8, 4) is 11.5 Å². The first-order valence-corrected chi connectivity index (χ1v) is 9.12. The van der Waals surface area contributed by atoms with E-state index < -0.39 is 0 Å². The van der Waals surface area contributed by atoms with E-state index in [9.17, 15) is 0 Å². The van der Waals surface area contributed by atoms with Gasteiger partial charge in [0.1, 0.15) is 6.61 Å². The Morgan fingerprint density at radius 1 is 1.19 bits per heavy atom. The fourth-order valence-corrected chi connectivity index (χ4v) is 2.90. The highest BCUT2D eigenvalue weighted by atomic mass is 35.5. The van der Waals surface area contributed by atoms with Gasteiger partial charge in [-0.15, -0.1) is 0 Å². The Morgan fingerprint density at radius 3 is 2.74 bits per heavy atom. The smallest absolute Gasteiger partial charge is 0.243 e. The summed E-state index contributed by atoms with van der Waals surface area (Å²) in [6, 6.07) is 13.6. The number of anilines is 1. The zero-order valence-corrected chi connectivity index (χ0v) is 16.1. The van der Waals surface area contributed by atoms with Crippen molar-refractivity contribution in [2.75, 3.05) is 12.4 Å². The van der Waals surface area contributed by atoms with Crippen molar-refractivity contribution < 1.29 is 9.47 Å². The molecule has 0 aliphatic rings. The summed E-state index contributed by atoms with van der Waals surface area (Å²) in [5.41, 5.74) is 1.93. The quantitative estimate of drug-likeness (QED) is 0.599. The summed E-state index contributed by atoms with van der Waals surface area (Å²) >= 11 is 6.25. The highest BCUT2D eigenvalue weighted by Crippen LogP contribution is 2.35. The molecule has 0 saturated carbocycles. The second-order valence-electron chi connectivity index (χ2n) is 5.95. The summed E-state index contributed by atoms with van der Waals surface area (Å²) in [6.07, 6.45) is 0.941. The lowest BCUT2D eigenvalue weighted by atomic mass is 10.1. The van der Waals surface area contributed by atoms with Crippen LogP contribution < -0.4 is 14.8 Å². The van der Waals surface area contributed by atoms with Crippen molar-refractivity contribution in [1.82, 2.24) is 20.2 Å². The Bertz CT molecular complexity index is 870. The number of nitrogens with one attached hydrogen (secondary N) is 1. The summed E-state index contributed by atoms with van der Waals surface area (Å²) in [6.45, 7) is 3.69. The standard InChI is InChI=1S/C19H22ClN5O2/c1-3-9-25-19(22-23-24-25)21-12-15-10-16(20)11-17(26-2)18(15)27-13-14-7-5-4-6-8-14/h4-8,10-11H,3,9,12-13H2,1-2H3,(H,21,22,24). The molecule has 0 fully saturated rings. The van der Waals surface area contributed by atoms with Crippen LogP contribution in [0.4, 0.5) is 5.95 Å². The number of hydrogen-bond acceptors (Lipinski definition) is 6. The molecule has 3 aromatic rings. The molecule has 8 heteroatoms. The van der Waals surface area contributed by atoms with Gasteiger partial charge in [0, 0.05) is 29.7 Å². The second kappa shape index (κ2) is 9.23. The lowest BCUT2D eigenvalue weighted by Gasteiger charge is -2.16. The zero-order valence-electron chi connectivity index (χ0n) is 15.4. The van der Waals surface area contributed by atoms with Gasteiger partial charge in [0.15, 0.2) is 11.5 Å². The Morgan fingerprint density at radius 2 is 2.00 bits per heavy atom. The Kier molecular flexibility index (Phi) is 6.49. The number of aryl methyl sites for hydroxylation is 1. The number of halogens is 1. The molecule has 0 radical (unpaired) electrons. The molecule has 1 aromatic heterocycles. The Hall–Kier alpha value is -2.80. The number of benzene rings is 2. The van der Waals surface area contributed by atoms with Crippen LogP contribution in [0.1, 0.15) is 24.5 Å². The minimum atomic E-state index is 0.430. The summed E-state index contributed by atoms with van der Waals surface area (Å²) in [5.74, 6) is 1.83. The fraction of sp³-hybridized carbons (Fsp3) is 0.316. The van der Waals surface area contributed by atoms with Crippen LogP contribution in [0.5, 0.6) is 11.5 Å². The van der Waals surface area contributed by atoms with Gasteiger partial charge >= 0.3 is 0 Å². The first kappa shape index (κ1) is 19.0. The van der Waals surface area contributed by atoms with Gasteiger partial charge in [0.05, 0.1) is 7.11 Å². The molecule has 0 aliphatic carbocycles. The third-order valence-electron chi connectivity index (χ3n) is 3.95. The molecule has 1 N–H and O–H groups in total. The molecule has 0 unspecified atom stereocenters. The number of nitrogens with zero attached hydrogens (tertiary/aromatic N) is 4. The van der Waals surface area contributed by atoms with Crippen molar-refractivity contribution in [1.29, 1.82) is 0 Å². The topological polar surface area (TPSA) is 74.1 Å². The third-order valence-corrected chi connectivity index (χ3v) is 4.16. The van der Waals surface area contributed by atoms with Crippen molar-refractivity contribution in [3.63, 3.8) is 0 Å². The van der Waals surface area contributed by atoms with E-state index in [1.54, 1.807) is 17.9 Å². The van der Waals surface area contributed by atoms with Gasteiger partial charge in [-0.25, -0.2) is 4.68 Å². The molecule has 3 rings (SSSR count). The SMILES string of the molecule is CCCn1nnnc1NCc1cc(Cl)cc(OC)c1OCc1ccccc1. The number of aromatic nitrogens is 4. The second-order valence-corrected chi connectivity index (χ2v) is 6.39. The van der Waals surface area contributed by atoms with E-state index in [1.807, 2.05) is 36.4 Å². The molecule has 0 aliphatic heterocycles. The molecule has 27 heavy (non-hydrogen) atoms. The summed E-state index contributed by atoms with van der Waals surface area (Å²) < 4.78 is 13.3. The van der Waals surface area contributed by atoms with Crippen LogP contribution in [-0.2, 0) is 19.7 Å². The lowest BCUT2D eigenvalue weighted by Crippen LogP contribution is -2.10. The van der Waals surface area contributed by atoms with E-state index >= 15 is 0 Å². The Labute approximate surface area is 163 Å². The summed E-state index contributed by atoms with van der Waals surface area (Å²) in [5, 5.41) is 15.5. The third kappa shape index (κ3) is 4.89. The molecule has 0 atom stereocenters. The maximum atomic E-state index is 6.25. The van der Waals surface area contributed by atoms with Gasteiger partial charge in [-0.3, -0.25) is 0 Å². The fourth-order valence-electron chi connectivity index (χ4n) is 2.67. The average Bonchev–Trinajstić information content (AvgIpc) is 3.13. The van der Waals surface area contributed by atoms with Crippen LogP contribution in [0, 0.1) is 0 Å². The van der Waals surface area contributed by atoms with E-state index in [4.69, 9.17) is 21.1 Å². The zero-order chi connectivity index (χ0) is 19.1. The number of ether oxygens (including phenoxy) is 2. The van der Waals surface area contributed by atoms with E-state index in [-0.39, 0.29) is 0 Å². The van der Waals surface area contributed by atoms with Gasteiger partial charge in [-0.1, -0.05) is 54.0 Å². The van der Waals surface area contributed by atoms with E-state index in [0.717, 1.165) is 24.1 Å². The molecular formula is C19H22ClN5O2. The van der Waals surface area contributed by atoms with Gasteiger partial charge in [0.2, 0.25) is 5.95 Å². The van der Waals surface area contributed by atoms with Crippen LogP contribution in [-0.4, -0.2) is 27.3 Å². The maximum Gasteiger partial charge on any atom is 0.243 e. The highest BCUT2D eigenvalue weighted by Gasteiger charge is 2.14. The maximum absolute atomic E-state index is 6.25. The summed E-state index contributed by atoms with van der Waals surface area (Å²) in [4.78, 5) is 0. The molecule has 0 bridgehead atoms.